The first kappa shape index (κ1) is 14.1. The molecule has 0 saturated heterocycles. The quantitative estimate of drug-likeness (QED) is 0.868. The molecule has 0 fully saturated rings. The molecule has 0 atom stereocenters. The number of rotatable bonds is 4. The number of ether oxygens (including phenoxy) is 1. The molecule has 0 bridgehead atoms. The predicted molar refractivity (Wildman–Crippen MR) is 84.5 cm³/mol. The van der Waals surface area contributed by atoms with Crippen molar-refractivity contribution in [3.63, 3.8) is 0 Å². The van der Waals surface area contributed by atoms with E-state index in [1.807, 2.05) is 24.6 Å². The van der Waals surface area contributed by atoms with Gasteiger partial charge >= 0.3 is 5.69 Å². The van der Waals surface area contributed by atoms with Crippen LogP contribution in [0.25, 0.3) is 0 Å². The Balaban J connectivity index is 1.75. The van der Waals surface area contributed by atoms with Crippen LogP contribution in [0, 0.1) is 0 Å². The topological polar surface area (TPSA) is 47.4 Å². The van der Waals surface area contributed by atoms with E-state index in [4.69, 9.17) is 4.74 Å². The van der Waals surface area contributed by atoms with Gasteiger partial charge < -0.3 is 9.64 Å². The number of fused-ring (bicyclic) bond motifs is 1. The molecule has 0 spiro atoms. The molecule has 3 rings (SSSR count). The zero-order valence-corrected chi connectivity index (χ0v) is 13.3. The van der Waals surface area contributed by atoms with Gasteiger partial charge in [0, 0.05) is 24.4 Å². The van der Waals surface area contributed by atoms with E-state index >= 15 is 0 Å². The van der Waals surface area contributed by atoms with E-state index in [1.165, 1.54) is 4.88 Å². The van der Waals surface area contributed by atoms with E-state index in [0.29, 0.717) is 19.0 Å². The van der Waals surface area contributed by atoms with Gasteiger partial charge in [-0.25, -0.2) is 4.79 Å². The van der Waals surface area contributed by atoms with E-state index in [0.717, 1.165) is 12.2 Å². The predicted octanol–water partition coefficient (Wildman–Crippen LogP) is 2.15. The maximum Gasteiger partial charge on any atom is 0.352 e. The molecule has 1 aliphatic rings. The standard InChI is InChI=1S/C15H19N3O2S/c1-15(2)10-18-13(17(15)3)9-12(16-14(18)19)20-7-6-11-5-4-8-21-11/h4-5,8-9H,6-7,10H2,1-3H3. The van der Waals surface area contributed by atoms with Crippen LogP contribution in [0.4, 0.5) is 5.82 Å². The molecule has 0 unspecified atom stereocenters. The summed E-state index contributed by atoms with van der Waals surface area (Å²) >= 11 is 1.71. The molecule has 0 N–H and O–H groups in total. The maximum absolute atomic E-state index is 12.1. The van der Waals surface area contributed by atoms with Crippen molar-refractivity contribution in [3.8, 4) is 5.88 Å². The maximum atomic E-state index is 12.1. The van der Waals surface area contributed by atoms with Gasteiger partial charge in [0.1, 0.15) is 5.82 Å². The summed E-state index contributed by atoms with van der Waals surface area (Å²) in [7, 11) is 1.99. The molecule has 5 nitrogen and oxygen atoms in total. The molecule has 0 saturated carbocycles. The number of hydrogen-bond acceptors (Lipinski definition) is 5. The first-order chi connectivity index (χ1) is 9.97. The second kappa shape index (κ2) is 5.18. The fourth-order valence-electron chi connectivity index (χ4n) is 2.49. The van der Waals surface area contributed by atoms with Crippen LogP contribution in [0.3, 0.4) is 0 Å². The minimum Gasteiger partial charge on any atom is -0.477 e. The zero-order valence-electron chi connectivity index (χ0n) is 12.5. The summed E-state index contributed by atoms with van der Waals surface area (Å²) < 4.78 is 7.36. The Morgan fingerprint density at radius 3 is 3.00 bits per heavy atom. The zero-order chi connectivity index (χ0) is 15.0. The van der Waals surface area contributed by atoms with Gasteiger partial charge in [0.25, 0.3) is 0 Å². The van der Waals surface area contributed by atoms with Crippen LogP contribution < -0.4 is 15.3 Å². The average molecular weight is 305 g/mol. The molecule has 2 aromatic heterocycles. The van der Waals surface area contributed by atoms with Crippen LogP contribution >= 0.6 is 11.3 Å². The number of aromatic nitrogens is 2. The van der Waals surface area contributed by atoms with Crippen LogP contribution in [0.5, 0.6) is 5.88 Å². The fraction of sp³-hybridized carbons (Fsp3) is 0.467. The summed E-state index contributed by atoms with van der Waals surface area (Å²) in [6, 6.07) is 5.96. The first-order valence-corrected chi connectivity index (χ1v) is 7.86. The molecule has 0 amide bonds. The van der Waals surface area contributed by atoms with Crippen molar-refractivity contribution in [3.05, 3.63) is 38.9 Å². The highest BCUT2D eigenvalue weighted by atomic mass is 32.1. The molecule has 21 heavy (non-hydrogen) atoms. The Bertz CT molecular complexity index is 691. The second-order valence-corrected chi connectivity index (χ2v) is 6.90. The molecule has 2 aromatic rings. The van der Waals surface area contributed by atoms with Gasteiger partial charge in [-0.3, -0.25) is 4.57 Å². The van der Waals surface area contributed by atoms with E-state index in [2.05, 4.69) is 29.8 Å². The summed E-state index contributed by atoms with van der Waals surface area (Å²) in [5.74, 6) is 1.28. The molecule has 0 aliphatic carbocycles. The monoisotopic (exact) mass is 305 g/mol. The highest BCUT2D eigenvalue weighted by molar-refractivity contribution is 7.09. The lowest BCUT2D eigenvalue weighted by Crippen LogP contribution is -2.38. The largest absolute Gasteiger partial charge is 0.477 e. The Kier molecular flexibility index (Phi) is 3.49. The molecule has 1 aliphatic heterocycles. The molecule has 0 radical (unpaired) electrons. The van der Waals surface area contributed by atoms with Gasteiger partial charge in [0.2, 0.25) is 5.88 Å². The van der Waals surface area contributed by atoms with Crippen molar-refractivity contribution in [1.29, 1.82) is 0 Å². The highest BCUT2D eigenvalue weighted by Crippen LogP contribution is 2.31. The van der Waals surface area contributed by atoms with Gasteiger partial charge in [-0.1, -0.05) is 6.07 Å². The van der Waals surface area contributed by atoms with Crippen LogP contribution in [-0.2, 0) is 13.0 Å². The highest BCUT2D eigenvalue weighted by Gasteiger charge is 2.34. The van der Waals surface area contributed by atoms with Crippen LogP contribution in [0.2, 0.25) is 0 Å². The lowest BCUT2D eigenvalue weighted by molar-refractivity contribution is 0.308. The van der Waals surface area contributed by atoms with E-state index in [1.54, 1.807) is 15.9 Å². The third-order valence-electron chi connectivity index (χ3n) is 3.94. The molecule has 6 heteroatoms. The fourth-order valence-corrected chi connectivity index (χ4v) is 3.18. The second-order valence-electron chi connectivity index (χ2n) is 5.87. The smallest absolute Gasteiger partial charge is 0.352 e. The SMILES string of the molecule is CN1c2cc(OCCc3cccs3)nc(=O)n2CC1(C)C. The summed E-state index contributed by atoms with van der Waals surface area (Å²) in [4.78, 5) is 19.5. The number of anilines is 1. The molecule has 112 valence electrons. The van der Waals surface area contributed by atoms with Crippen molar-refractivity contribution in [2.45, 2.75) is 32.4 Å². The van der Waals surface area contributed by atoms with Crippen molar-refractivity contribution in [2.24, 2.45) is 0 Å². The molecule has 3 heterocycles. The Hall–Kier alpha value is -1.82. The summed E-state index contributed by atoms with van der Waals surface area (Å²) in [6.45, 7) is 5.40. The summed E-state index contributed by atoms with van der Waals surface area (Å²) in [5, 5.41) is 2.05. The average Bonchev–Trinajstić information content (AvgIpc) is 3.00. The lowest BCUT2D eigenvalue weighted by Gasteiger charge is -2.28. The number of hydrogen-bond donors (Lipinski definition) is 0. The lowest BCUT2D eigenvalue weighted by atomic mass is 10.1. The Morgan fingerprint density at radius 1 is 1.48 bits per heavy atom. The molecular weight excluding hydrogens is 286 g/mol. The van der Waals surface area contributed by atoms with Crippen molar-refractivity contribution >= 4 is 17.2 Å². The Labute approximate surface area is 127 Å². The normalized spacial score (nSPS) is 16.0. The Morgan fingerprint density at radius 2 is 2.29 bits per heavy atom. The number of likely N-dealkylation sites (N-methyl/N-ethyl adjacent to an activating group) is 1. The van der Waals surface area contributed by atoms with E-state index in [-0.39, 0.29) is 11.2 Å². The number of thiophene rings is 1. The third-order valence-corrected chi connectivity index (χ3v) is 4.88. The van der Waals surface area contributed by atoms with Crippen molar-refractivity contribution < 1.29 is 4.74 Å². The minimum atomic E-state index is -0.240. The van der Waals surface area contributed by atoms with Crippen LogP contribution in [0.1, 0.15) is 18.7 Å². The molecule has 0 aromatic carbocycles. The third kappa shape index (κ3) is 2.68. The minimum absolute atomic E-state index is 0.0799. The van der Waals surface area contributed by atoms with Crippen molar-refractivity contribution in [1.82, 2.24) is 9.55 Å². The van der Waals surface area contributed by atoms with Crippen LogP contribution in [-0.4, -0.2) is 28.7 Å². The van der Waals surface area contributed by atoms with Crippen molar-refractivity contribution in [2.75, 3.05) is 18.6 Å². The number of nitrogens with zero attached hydrogens (tertiary/aromatic N) is 3. The molecular formula is C15H19N3O2S. The summed E-state index contributed by atoms with van der Waals surface area (Å²) in [5.41, 5.74) is -0.320. The summed E-state index contributed by atoms with van der Waals surface area (Å²) in [6.07, 6.45) is 0.832. The van der Waals surface area contributed by atoms with Gasteiger partial charge in [0.05, 0.1) is 18.7 Å². The van der Waals surface area contributed by atoms with Gasteiger partial charge in [-0.2, -0.15) is 4.98 Å². The van der Waals surface area contributed by atoms with Crippen LogP contribution in [0.15, 0.2) is 28.4 Å². The van der Waals surface area contributed by atoms with Gasteiger partial charge in [-0.05, 0) is 25.3 Å². The van der Waals surface area contributed by atoms with Gasteiger partial charge in [0.15, 0.2) is 0 Å². The van der Waals surface area contributed by atoms with E-state index in [9.17, 15) is 4.79 Å². The van der Waals surface area contributed by atoms with Gasteiger partial charge in [-0.15, -0.1) is 11.3 Å². The van der Waals surface area contributed by atoms with E-state index < -0.39 is 0 Å². The first-order valence-electron chi connectivity index (χ1n) is 6.98.